The summed E-state index contributed by atoms with van der Waals surface area (Å²) < 4.78 is 38.2. The van der Waals surface area contributed by atoms with Gasteiger partial charge >= 0.3 is 6.18 Å². The minimum Gasteiger partial charge on any atom is -0.330 e. The Hall–Kier alpha value is -0.940. The van der Waals surface area contributed by atoms with Crippen molar-refractivity contribution >= 4 is 29.1 Å². The first-order chi connectivity index (χ1) is 10.2. The summed E-state index contributed by atoms with van der Waals surface area (Å²) in [5.41, 5.74) is 0.478. The third kappa shape index (κ3) is 4.78. The molecule has 7 heteroatoms. The van der Waals surface area contributed by atoms with E-state index in [9.17, 15) is 18.0 Å². The first-order valence-electron chi connectivity index (χ1n) is 6.97. The average Bonchev–Trinajstić information content (AvgIpc) is 3.21. The Morgan fingerprint density at radius 2 is 2.00 bits per heavy atom. The van der Waals surface area contributed by atoms with Crippen LogP contribution < -0.4 is 0 Å². The van der Waals surface area contributed by atoms with Crippen LogP contribution in [0.5, 0.6) is 0 Å². The zero-order chi connectivity index (χ0) is 16.5. The fourth-order valence-electron chi connectivity index (χ4n) is 2.42. The molecule has 0 radical (unpaired) electrons. The number of nitrogens with zero attached hydrogens (tertiary/aromatic N) is 1. The van der Waals surface area contributed by atoms with E-state index in [2.05, 4.69) is 0 Å². The molecule has 1 saturated carbocycles. The third-order valence-corrected chi connectivity index (χ3v) is 4.41. The highest BCUT2D eigenvalue weighted by Gasteiger charge is 2.40. The monoisotopic (exact) mass is 353 g/mol. The van der Waals surface area contributed by atoms with Gasteiger partial charge in [0.05, 0.1) is 6.42 Å². The SMILES string of the molecule is C[C@H](C1CC1)N(CC(F)(F)F)C(=O)Cc1ccc(Cl)cc1Cl. The molecule has 0 unspecified atom stereocenters. The predicted molar refractivity (Wildman–Crippen MR) is 80.1 cm³/mol. The van der Waals surface area contributed by atoms with Crippen molar-refractivity contribution in [1.29, 1.82) is 0 Å². The minimum absolute atomic E-state index is 0.159. The van der Waals surface area contributed by atoms with Gasteiger partial charge in [0.15, 0.2) is 0 Å². The first-order valence-corrected chi connectivity index (χ1v) is 7.73. The maximum atomic E-state index is 12.7. The molecule has 0 saturated heterocycles. The second kappa shape index (κ2) is 6.67. The van der Waals surface area contributed by atoms with E-state index < -0.39 is 24.7 Å². The number of carbonyl (C=O) groups excluding carboxylic acids is 1. The van der Waals surface area contributed by atoms with Gasteiger partial charge < -0.3 is 4.90 Å². The molecule has 1 amide bonds. The summed E-state index contributed by atoms with van der Waals surface area (Å²) in [4.78, 5) is 13.3. The molecular weight excluding hydrogens is 338 g/mol. The molecule has 0 aromatic heterocycles. The van der Waals surface area contributed by atoms with Crippen molar-refractivity contribution in [2.45, 2.75) is 38.4 Å². The second-order valence-corrected chi connectivity index (χ2v) is 6.47. The Balaban J connectivity index is 2.13. The number of carbonyl (C=O) groups is 1. The quantitative estimate of drug-likeness (QED) is 0.749. The molecule has 2 nitrogen and oxygen atoms in total. The van der Waals surface area contributed by atoms with E-state index in [0.29, 0.717) is 10.6 Å². The highest BCUT2D eigenvalue weighted by Crippen LogP contribution is 2.36. The first kappa shape index (κ1) is 17.4. The molecule has 122 valence electrons. The van der Waals surface area contributed by atoms with Gasteiger partial charge in [-0.2, -0.15) is 13.2 Å². The molecule has 1 aromatic rings. The Bertz CT molecular complexity index is 558. The summed E-state index contributed by atoms with van der Waals surface area (Å²) in [6, 6.07) is 4.19. The molecule has 0 aliphatic heterocycles. The molecule has 0 bridgehead atoms. The second-order valence-electron chi connectivity index (χ2n) is 5.63. The number of amides is 1. The smallest absolute Gasteiger partial charge is 0.330 e. The lowest BCUT2D eigenvalue weighted by Crippen LogP contribution is -2.46. The van der Waals surface area contributed by atoms with Crippen molar-refractivity contribution < 1.29 is 18.0 Å². The third-order valence-electron chi connectivity index (χ3n) is 3.82. The van der Waals surface area contributed by atoms with Gasteiger partial charge in [-0.05, 0) is 43.4 Å². The van der Waals surface area contributed by atoms with Crippen LogP contribution >= 0.6 is 23.2 Å². The summed E-state index contributed by atoms with van der Waals surface area (Å²) in [6.45, 7) is 0.444. The Morgan fingerprint density at radius 1 is 1.36 bits per heavy atom. The van der Waals surface area contributed by atoms with Crippen LogP contribution in [0.15, 0.2) is 18.2 Å². The molecule has 1 aliphatic carbocycles. The van der Waals surface area contributed by atoms with Crippen molar-refractivity contribution in [1.82, 2.24) is 4.90 Å². The standard InChI is InChI=1S/C15H16Cl2F3NO/c1-9(10-2-3-10)21(8-15(18,19)20)14(22)6-11-4-5-12(16)7-13(11)17/h4-5,7,9-10H,2-3,6,8H2,1H3/t9-/m1/s1. The van der Waals surface area contributed by atoms with Crippen LogP contribution in [-0.4, -0.2) is 29.6 Å². The van der Waals surface area contributed by atoms with E-state index in [0.717, 1.165) is 17.7 Å². The molecule has 1 fully saturated rings. The van der Waals surface area contributed by atoms with Crippen LogP contribution in [-0.2, 0) is 11.2 Å². The average molecular weight is 354 g/mol. The van der Waals surface area contributed by atoms with Crippen molar-refractivity contribution in [3.8, 4) is 0 Å². The van der Waals surface area contributed by atoms with Crippen LogP contribution in [0.25, 0.3) is 0 Å². The summed E-state index contributed by atoms with van der Waals surface area (Å²) in [5, 5.41) is 0.701. The summed E-state index contributed by atoms with van der Waals surface area (Å²) in [7, 11) is 0. The zero-order valence-electron chi connectivity index (χ0n) is 12.0. The molecule has 1 aromatic carbocycles. The highest BCUT2D eigenvalue weighted by atomic mass is 35.5. The molecule has 0 spiro atoms. The van der Waals surface area contributed by atoms with E-state index in [4.69, 9.17) is 23.2 Å². The van der Waals surface area contributed by atoms with Crippen LogP contribution in [0.2, 0.25) is 10.0 Å². The van der Waals surface area contributed by atoms with Crippen LogP contribution in [0.1, 0.15) is 25.3 Å². The maximum Gasteiger partial charge on any atom is 0.406 e. The van der Waals surface area contributed by atoms with Crippen LogP contribution in [0.4, 0.5) is 13.2 Å². The number of benzene rings is 1. The van der Waals surface area contributed by atoms with Crippen molar-refractivity contribution in [3.63, 3.8) is 0 Å². The van der Waals surface area contributed by atoms with Gasteiger partial charge in [-0.3, -0.25) is 4.79 Å². The largest absolute Gasteiger partial charge is 0.406 e. The number of hydrogen-bond donors (Lipinski definition) is 0. The normalized spacial score (nSPS) is 16.5. The van der Waals surface area contributed by atoms with Gasteiger partial charge in [-0.1, -0.05) is 29.3 Å². The number of hydrogen-bond acceptors (Lipinski definition) is 1. The summed E-state index contributed by atoms with van der Waals surface area (Å²) in [6.07, 6.45) is -2.85. The maximum absolute atomic E-state index is 12.7. The Morgan fingerprint density at radius 3 is 2.50 bits per heavy atom. The van der Waals surface area contributed by atoms with Crippen LogP contribution in [0.3, 0.4) is 0 Å². The number of alkyl halides is 3. The van der Waals surface area contributed by atoms with Crippen molar-refractivity contribution in [3.05, 3.63) is 33.8 Å². The predicted octanol–water partition coefficient (Wildman–Crippen LogP) is 4.73. The van der Waals surface area contributed by atoms with Gasteiger partial charge in [0.2, 0.25) is 5.91 Å². The molecule has 1 atom stereocenters. The Kier molecular flexibility index (Phi) is 5.28. The molecule has 0 N–H and O–H groups in total. The molecule has 0 heterocycles. The van der Waals surface area contributed by atoms with Gasteiger partial charge in [0.25, 0.3) is 0 Å². The fraction of sp³-hybridized carbons (Fsp3) is 0.533. The van der Waals surface area contributed by atoms with Crippen molar-refractivity contribution in [2.75, 3.05) is 6.54 Å². The van der Waals surface area contributed by atoms with E-state index in [-0.39, 0.29) is 17.4 Å². The lowest BCUT2D eigenvalue weighted by atomic mass is 10.1. The lowest BCUT2D eigenvalue weighted by Gasteiger charge is -2.30. The number of rotatable bonds is 5. The van der Waals surface area contributed by atoms with E-state index in [1.165, 1.54) is 6.07 Å². The van der Waals surface area contributed by atoms with Gasteiger partial charge in [-0.25, -0.2) is 0 Å². The van der Waals surface area contributed by atoms with Gasteiger partial charge in [0, 0.05) is 16.1 Å². The summed E-state index contributed by atoms with van der Waals surface area (Å²) in [5.74, 6) is -0.409. The van der Waals surface area contributed by atoms with E-state index in [1.807, 2.05) is 0 Å². The highest BCUT2D eigenvalue weighted by molar-refractivity contribution is 6.35. The van der Waals surface area contributed by atoms with E-state index >= 15 is 0 Å². The molecule has 22 heavy (non-hydrogen) atoms. The zero-order valence-corrected chi connectivity index (χ0v) is 13.5. The topological polar surface area (TPSA) is 20.3 Å². The minimum atomic E-state index is -4.41. The van der Waals surface area contributed by atoms with E-state index in [1.54, 1.807) is 19.1 Å². The lowest BCUT2D eigenvalue weighted by molar-refractivity contribution is -0.165. The van der Waals surface area contributed by atoms with Gasteiger partial charge in [0.1, 0.15) is 6.54 Å². The van der Waals surface area contributed by atoms with Crippen LogP contribution in [0, 0.1) is 5.92 Å². The Labute approximate surface area is 137 Å². The molecule has 1 aliphatic rings. The van der Waals surface area contributed by atoms with Crippen molar-refractivity contribution in [2.24, 2.45) is 5.92 Å². The molecular formula is C15H16Cl2F3NO. The van der Waals surface area contributed by atoms with Gasteiger partial charge in [-0.15, -0.1) is 0 Å². The summed E-state index contributed by atoms with van der Waals surface area (Å²) >= 11 is 11.8. The fourth-order valence-corrected chi connectivity index (χ4v) is 2.89. The number of halogens is 5. The molecule has 2 rings (SSSR count).